The van der Waals surface area contributed by atoms with E-state index in [-0.39, 0.29) is 6.04 Å². The fourth-order valence-corrected chi connectivity index (χ4v) is 4.22. The molecule has 2 aromatic rings. The lowest BCUT2D eigenvalue weighted by Gasteiger charge is -2.15. The highest BCUT2D eigenvalue weighted by atomic mass is 32.2. The van der Waals surface area contributed by atoms with Gasteiger partial charge in [0, 0.05) is 13.0 Å². The molecule has 24 heavy (non-hydrogen) atoms. The van der Waals surface area contributed by atoms with Crippen molar-refractivity contribution in [3.63, 3.8) is 0 Å². The third-order valence-electron chi connectivity index (χ3n) is 4.26. The van der Waals surface area contributed by atoms with Crippen molar-refractivity contribution in [2.75, 3.05) is 11.3 Å². The summed E-state index contributed by atoms with van der Waals surface area (Å²) < 4.78 is 33.6. The van der Waals surface area contributed by atoms with Crippen molar-refractivity contribution in [2.24, 2.45) is 0 Å². The maximum absolute atomic E-state index is 12.7. The molecule has 1 saturated heterocycles. The SMILES string of the molecule is CCc1nnc(C2CC(S(=O)(=O)Nc3cc(C)ccc3C)CN2)o1. The van der Waals surface area contributed by atoms with Gasteiger partial charge in [0.1, 0.15) is 0 Å². The maximum Gasteiger partial charge on any atom is 0.236 e. The minimum Gasteiger partial charge on any atom is -0.424 e. The van der Waals surface area contributed by atoms with Crippen molar-refractivity contribution in [2.45, 2.75) is 44.9 Å². The summed E-state index contributed by atoms with van der Waals surface area (Å²) in [7, 11) is -3.49. The number of hydrogen-bond donors (Lipinski definition) is 2. The van der Waals surface area contributed by atoms with Gasteiger partial charge >= 0.3 is 0 Å². The number of rotatable bonds is 5. The van der Waals surface area contributed by atoms with Crippen molar-refractivity contribution >= 4 is 15.7 Å². The molecule has 0 radical (unpaired) electrons. The molecule has 2 N–H and O–H groups in total. The zero-order valence-corrected chi connectivity index (χ0v) is 14.9. The van der Waals surface area contributed by atoms with Crippen molar-refractivity contribution in [1.82, 2.24) is 15.5 Å². The smallest absolute Gasteiger partial charge is 0.236 e. The molecule has 0 spiro atoms. The zero-order chi connectivity index (χ0) is 17.3. The first-order valence-corrected chi connectivity index (χ1v) is 9.58. The van der Waals surface area contributed by atoms with Gasteiger partial charge in [0.15, 0.2) is 0 Å². The standard InChI is InChI=1S/C16H22N4O3S/c1-4-15-18-19-16(23-15)14-8-12(9-17-14)24(21,22)20-13-7-10(2)5-6-11(13)3/h5-7,12,14,17,20H,4,8-9H2,1-3H3. The molecule has 1 aromatic carbocycles. The molecular formula is C16H22N4O3S. The molecule has 0 aliphatic carbocycles. The molecule has 3 rings (SSSR count). The van der Waals surface area contributed by atoms with Crippen LogP contribution >= 0.6 is 0 Å². The molecule has 1 fully saturated rings. The van der Waals surface area contributed by atoms with E-state index in [1.165, 1.54) is 0 Å². The fourth-order valence-electron chi connectivity index (χ4n) is 2.76. The second-order valence-electron chi connectivity index (χ2n) is 6.17. The normalized spacial score (nSPS) is 21.1. The molecule has 0 saturated carbocycles. The van der Waals surface area contributed by atoms with Gasteiger partial charge in [-0.25, -0.2) is 8.42 Å². The third-order valence-corrected chi connectivity index (χ3v) is 6.00. The third kappa shape index (κ3) is 3.44. The number of hydrogen-bond acceptors (Lipinski definition) is 6. The highest BCUT2D eigenvalue weighted by Gasteiger charge is 2.37. The minimum atomic E-state index is -3.49. The van der Waals surface area contributed by atoms with Gasteiger partial charge in [0.05, 0.1) is 17.0 Å². The van der Waals surface area contributed by atoms with E-state index in [4.69, 9.17) is 4.42 Å². The van der Waals surface area contributed by atoms with E-state index in [9.17, 15) is 8.42 Å². The van der Waals surface area contributed by atoms with Crippen LogP contribution in [0.5, 0.6) is 0 Å². The molecule has 7 nitrogen and oxygen atoms in total. The highest BCUT2D eigenvalue weighted by molar-refractivity contribution is 7.93. The van der Waals surface area contributed by atoms with Crippen LogP contribution in [0.25, 0.3) is 0 Å². The predicted octanol–water partition coefficient (Wildman–Crippen LogP) is 2.09. The number of nitrogens with zero attached hydrogens (tertiary/aromatic N) is 2. The summed E-state index contributed by atoms with van der Waals surface area (Å²) in [5.74, 6) is 1.02. The Morgan fingerprint density at radius 1 is 1.33 bits per heavy atom. The fraction of sp³-hybridized carbons (Fsp3) is 0.500. The first-order valence-electron chi connectivity index (χ1n) is 8.03. The number of sulfonamides is 1. The van der Waals surface area contributed by atoms with Crippen molar-refractivity contribution < 1.29 is 12.8 Å². The molecule has 2 unspecified atom stereocenters. The quantitative estimate of drug-likeness (QED) is 0.857. The van der Waals surface area contributed by atoms with E-state index in [1.807, 2.05) is 39.0 Å². The number of anilines is 1. The largest absolute Gasteiger partial charge is 0.424 e. The highest BCUT2D eigenvalue weighted by Crippen LogP contribution is 2.28. The molecule has 1 aliphatic rings. The topological polar surface area (TPSA) is 97.1 Å². The van der Waals surface area contributed by atoms with Crippen LogP contribution in [0.2, 0.25) is 0 Å². The first kappa shape index (κ1) is 16.9. The Balaban J connectivity index is 1.73. The van der Waals surface area contributed by atoms with Gasteiger partial charge in [-0.3, -0.25) is 4.72 Å². The van der Waals surface area contributed by atoms with Crippen LogP contribution in [0.1, 0.15) is 42.3 Å². The predicted molar refractivity (Wildman–Crippen MR) is 91.3 cm³/mol. The van der Waals surface area contributed by atoms with Crippen LogP contribution in [-0.4, -0.2) is 30.4 Å². The summed E-state index contributed by atoms with van der Waals surface area (Å²) in [4.78, 5) is 0. The second-order valence-corrected chi connectivity index (χ2v) is 8.13. The van der Waals surface area contributed by atoms with Crippen molar-refractivity contribution in [1.29, 1.82) is 0 Å². The molecule has 2 heterocycles. The molecule has 0 amide bonds. The zero-order valence-electron chi connectivity index (χ0n) is 14.0. The van der Waals surface area contributed by atoms with Crippen molar-refractivity contribution in [3.8, 4) is 0 Å². The van der Waals surface area contributed by atoms with Gasteiger partial charge in [-0.2, -0.15) is 0 Å². The summed E-state index contributed by atoms with van der Waals surface area (Å²) in [5, 5.41) is 10.6. The first-order chi connectivity index (χ1) is 11.4. The molecule has 1 aliphatic heterocycles. The average molecular weight is 350 g/mol. The molecule has 1 aromatic heterocycles. The van der Waals surface area contributed by atoms with Crippen molar-refractivity contribution in [3.05, 3.63) is 41.1 Å². The van der Waals surface area contributed by atoms with Crippen LogP contribution < -0.4 is 10.0 Å². The van der Waals surface area contributed by atoms with E-state index in [2.05, 4.69) is 20.2 Å². The molecule has 2 atom stereocenters. The molecule has 0 bridgehead atoms. The van der Waals surface area contributed by atoms with Gasteiger partial charge in [0.2, 0.25) is 21.8 Å². The van der Waals surface area contributed by atoms with Gasteiger partial charge in [0.25, 0.3) is 0 Å². The van der Waals surface area contributed by atoms with Gasteiger partial charge in [-0.15, -0.1) is 10.2 Å². The Morgan fingerprint density at radius 3 is 2.83 bits per heavy atom. The summed E-state index contributed by atoms with van der Waals surface area (Å²) >= 11 is 0. The minimum absolute atomic E-state index is 0.224. The number of aromatic nitrogens is 2. The summed E-state index contributed by atoms with van der Waals surface area (Å²) in [5.41, 5.74) is 2.54. The lowest BCUT2D eigenvalue weighted by molar-refractivity contribution is 0.405. The van der Waals surface area contributed by atoms with Gasteiger partial charge < -0.3 is 9.73 Å². The maximum atomic E-state index is 12.7. The lowest BCUT2D eigenvalue weighted by atomic mass is 10.1. The summed E-state index contributed by atoms with van der Waals surface area (Å²) in [6, 6.07) is 5.49. The second kappa shape index (κ2) is 6.52. The van der Waals surface area contributed by atoms with E-state index >= 15 is 0 Å². The van der Waals surface area contributed by atoms with Gasteiger partial charge in [-0.05, 0) is 37.5 Å². The summed E-state index contributed by atoms with van der Waals surface area (Å²) in [6.07, 6.45) is 1.07. The van der Waals surface area contributed by atoms with Gasteiger partial charge in [-0.1, -0.05) is 19.1 Å². The Labute approximate surface area is 141 Å². The van der Waals surface area contributed by atoms with Crippen LogP contribution in [0.15, 0.2) is 22.6 Å². The van der Waals surface area contributed by atoms with Crippen LogP contribution in [0.3, 0.4) is 0 Å². The summed E-state index contributed by atoms with van der Waals surface area (Å²) in [6.45, 7) is 6.11. The Bertz CT molecular complexity index is 832. The molecule has 8 heteroatoms. The number of nitrogens with one attached hydrogen (secondary N) is 2. The van der Waals surface area contributed by atoms with E-state index in [0.29, 0.717) is 36.9 Å². The molecular weight excluding hydrogens is 328 g/mol. The van der Waals surface area contributed by atoms with E-state index in [1.54, 1.807) is 0 Å². The van der Waals surface area contributed by atoms with E-state index < -0.39 is 15.3 Å². The molecule has 130 valence electrons. The number of aryl methyl sites for hydroxylation is 3. The number of benzene rings is 1. The monoisotopic (exact) mass is 350 g/mol. The Kier molecular flexibility index (Phi) is 4.60. The Morgan fingerprint density at radius 2 is 2.12 bits per heavy atom. The van der Waals surface area contributed by atoms with Crippen LogP contribution in [0.4, 0.5) is 5.69 Å². The average Bonchev–Trinajstić information content (AvgIpc) is 3.19. The van der Waals surface area contributed by atoms with Crippen LogP contribution in [0, 0.1) is 13.8 Å². The van der Waals surface area contributed by atoms with Crippen LogP contribution in [-0.2, 0) is 16.4 Å². The van der Waals surface area contributed by atoms with E-state index in [0.717, 1.165) is 11.1 Å². The Hall–Kier alpha value is -1.93. The lowest BCUT2D eigenvalue weighted by Crippen LogP contribution is -2.29.